The summed E-state index contributed by atoms with van der Waals surface area (Å²) in [5.74, 6) is -2.90. The quantitative estimate of drug-likeness (QED) is 0.513. The molecule has 1 fully saturated rings. The van der Waals surface area contributed by atoms with Crippen molar-refractivity contribution in [3.8, 4) is 0 Å². The summed E-state index contributed by atoms with van der Waals surface area (Å²) in [7, 11) is 2.44. The zero-order valence-electron chi connectivity index (χ0n) is 19.0. The summed E-state index contributed by atoms with van der Waals surface area (Å²) >= 11 is 0. The van der Waals surface area contributed by atoms with Crippen molar-refractivity contribution in [2.24, 2.45) is 11.8 Å². The molecule has 1 aliphatic carbocycles. The molecule has 0 aromatic rings. The lowest BCUT2D eigenvalue weighted by atomic mass is 9.74. The Morgan fingerprint density at radius 1 is 0.667 bits per heavy atom. The maximum absolute atomic E-state index is 12.3. The first-order valence-corrected chi connectivity index (χ1v) is 9.81. The highest BCUT2D eigenvalue weighted by Gasteiger charge is 2.46. The first-order chi connectivity index (χ1) is 13.7. The molecule has 0 radical (unpaired) electrons. The summed E-state index contributed by atoms with van der Waals surface area (Å²) in [5.41, 5.74) is -1.47. The fourth-order valence-electron chi connectivity index (χ4n) is 3.26. The van der Waals surface area contributed by atoms with Gasteiger partial charge in [0.25, 0.3) is 0 Å². The second-order valence-corrected chi connectivity index (χ2v) is 9.24. The molecule has 1 aliphatic rings. The van der Waals surface area contributed by atoms with Crippen LogP contribution in [0.1, 0.15) is 54.4 Å². The van der Waals surface area contributed by atoms with E-state index in [4.69, 9.17) is 18.9 Å². The number of esters is 2. The molecule has 0 aromatic heterocycles. The highest BCUT2D eigenvalue weighted by molar-refractivity contribution is 5.83. The Labute approximate surface area is 177 Å². The van der Waals surface area contributed by atoms with Crippen LogP contribution in [0.2, 0.25) is 0 Å². The van der Waals surface area contributed by atoms with Gasteiger partial charge in [-0.2, -0.15) is 0 Å². The van der Waals surface area contributed by atoms with Gasteiger partial charge < -0.3 is 29.6 Å². The molecule has 0 aliphatic heterocycles. The second-order valence-electron chi connectivity index (χ2n) is 9.24. The predicted octanol–water partition coefficient (Wildman–Crippen LogP) is 2.15. The molecule has 1 rings (SSSR count). The lowest BCUT2D eigenvalue weighted by Gasteiger charge is -2.39. The normalized spacial score (nSPS) is 24.3. The maximum atomic E-state index is 12.3. The van der Waals surface area contributed by atoms with Gasteiger partial charge in [-0.1, -0.05) is 0 Å². The van der Waals surface area contributed by atoms with Crippen LogP contribution in [0.3, 0.4) is 0 Å². The first-order valence-electron chi connectivity index (χ1n) is 9.81. The molecule has 0 spiro atoms. The Hall–Kier alpha value is -2.52. The molecular weight excluding hydrogens is 396 g/mol. The molecule has 2 unspecified atom stereocenters. The van der Waals surface area contributed by atoms with Crippen LogP contribution in [0.25, 0.3) is 0 Å². The van der Waals surface area contributed by atoms with Gasteiger partial charge in [0.2, 0.25) is 0 Å². The molecule has 30 heavy (non-hydrogen) atoms. The monoisotopic (exact) mass is 430 g/mol. The van der Waals surface area contributed by atoms with Crippen molar-refractivity contribution in [3.05, 3.63) is 0 Å². The van der Waals surface area contributed by atoms with Crippen molar-refractivity contribution in [2.45, 2.75) is 77.7 Å². The average Bonchev–Trinajstić information content (AvgIpc) is 2.58. The number of ether oxygens (including phenoxy) is 4. The number of hydrogen-bond acceptors (Lipinski definition) is 8. The van der Waals surface area contributed by atoms with E-state index in [1.54, 1.807) is 41.5 Å². The Kier molecular flexibility index (Phi) is 8.50. The molecule has 10 nitrogen and oxygen atoms in total. The zero-order valence-corrected chi connectivity index (χ0v) is 19.0. The van der Waals surface area contributed by atoms with E-state index in [-0.39, 0.29) is 12.8 Å². The third kappa shape index (κ3) is 8.08. The first kappa shape index (κ1) is 25.5. The number of nitrogens with one attached hydrogen (secondary N) is 2. The third-order valence-corrected chi connectivity index (χ3v) is 4.40. The molecular formula is C20H34N2O8. The van der Waals surface area contributed by atoms with Crippen LogP contribution < -0.4 is 10.6 Å². The van der Waals surface area contributed by atoms with Crippen LogP contribution in [0.15, 0.2) is 0 Å². The van der Waals surface area contributed by atoms with Crippen molar-refractivity contribution < 1.29 is 38.1 Å². The van der Waals surface area contributed by atoms with Crippen molar-refractivity contribution in [3.63, 3.8) is 0 Å². The highest BCUT2D eigenvalue weighted by atomic mass is 16.6. The van der Waals surface area contributed by atoms with Crippen molar-refractivity contribution in [1.29, 1.82) is 0 Å². The fraction of sp³-hybridized carbons (Fsp3) is 0.800. The van der Waals surface area contributed by atoms with E-state index in [1.807, 2.05) is 0 Å². The summed E-state index contributed by atoms with van der Waals surface area (Å²) in [6, 6.07) is -1.39. The molecule has 4 atom stereocenters. The molecule has 10 heteroatoms. The molecule has 0 aromatic carbocycles. The summed E-state index contributed by atoms with van der Waals surface area (Å²) in [4.78, 5) is 49.2. The minimum absolute atomic E-state index is 0.0478. The van der Waals surface area contributed by atoms with Gasteiger partial charge in [0.1, 0.15) is 11.2 Å². The Bertz CT molecular complexity index is 594. The summed E-state index contributed by atoms with van der Waals surface area (Å²) < 4.78 is 20.2. The third-order valence-electron chi connectivity index (χ3n) is 4.40. The van der Waals surface area contributed by atoms with E-state index < -0.39 is 59.2 Å². The van der Waals surface area contributed by atoms with E-state index in [0.29, 0.717) is 0 Å². The molecule has 2 N–H and O–H groups in total. The van der Waals surface area contributed by atoms with E-state index in [2.05, 4.69) is 10.6 Å². The van der Waals surface area contributed by atoms with Crippen LogP contribution in [0.4, 0.5) is 9.59 Å². The standard InChI is InChI=1S/C20H34N2O8/c1-19(2,3)29-17(25)21-13-9-11(15(23)27-7)12(16(24)28-8)10-14(13)22-18(26)30-20(4,5)6/h11-14H,9-10H2,1-8H3,(H,21,25)(H,22,26)/t11-,12+,13?,14?. The van der Waals surface area contributed by atoms with Gasteiger partial charge in [-0.25, -0.2) is 9.59 Å². The average molecular weight is 430 g/mol. The molecule has 2 amide bonds. The Morgan fingerprint density at radius 2 is 0.967 bits per heavy atom. The largest absolute Gasteiger partial charge is 0.469 e. The maximum Gasteiger partial charge on any atom is 0.407 e. The van der Waals surface area contributed by atoms with Crippen LogP contribution >= 0.6 is 0 Å². The van der Waals surface area contributed by atoms with Gasteiger partial charge in [0.15, 0.2) is 0 Å². The van der Waals surface area contributed by atoms with Crippen LogP contribution in [-0.2, 0) is 28.5 Å². The second kappa shape index (κ2) is 9.99. The minimum Gasteiger partial charge on any atom is -0.469 e. The van der Waals surface area contributed by atoms with Crippen LogP contribution in [0.5, 0.6) is 0 Å². The minimum atomic E-state index is -0.848. The highest BCUT2D eigenvalue weighted by Crippen LogP contribution is 2.33. The number of amides is 2. The van der Waals surface area contributed by atoms with Gasteiger partial charge in [0, 0.05) is 0 Å². The summed E-state index contributed by atoms with van der Waals surface area (Å²) in [5, 5.41) is 5.38. The smallest absolute Gasteiger partial charge is 0.407 e. The Balaban J connectivity index is 3.12. The molecule has 172 valence electrons. The number of rotatable bonds is 4. The topological polar surface area (TPSA) is 129 Å². The fourth-order valence-corrected chi connectivity index (χ4v) is 3.26. The van der Waals surface area contributed by atoms with Crippen molar-refractivity contribution in [1.82, 2.24) is 10.6 Å². The van der Waals surface area contributed by atoms with Crippen LogP contribution in [0, 0.1) is 11.8 Å². The number of carbonyl (C=O) groups is 4. The predicted molar refractivity (Wildman–Crippen MR) is 107 cm³/mol. The molecule has 0 heterocycles. The lowest BCUT2D eigenvalue weighted by molar-refractivity contribution is -0.160. The number of carbonyl (C=O) groups excluding carboxylic acids is 4. The van der Waals surface area contributed by atoms with Gasteiger partial charge in [0.05, 0.1) is 38.1 Å². The summed E-state index contributed by atoms with van der Waals surface area (Å²) in [6.45, 7) is 10.3. The van der Waals surface area contributed by atoms with Crippen molar-refractivity contribution >= 4 is 24.1 Å². The van der Waals surface area contributed by atoms with Crippen molar-refractivity contribution in [2.75, 3.05) is 14.2 Å². The van der Waals surface area contributed by atoms with E-state index in [1.165, 1.54) is 14.2 Å². The molecule has 1 saturated carbocycles. The Morgan fingerprint density at radius 3 is 1.20 bits per heavy atom. The van der Waals surface area contributed by atoms with Gasteiger partial charge in [-0.15, -0.1) is 0 Å². The van der Waals surface area contributed by atoms with E-state index in [0.717, 1.165) is 0 Å². The van der Waals surface area contributed by atoms with Crippen LogP contribution in [-0.4, -0.2) is 61.6 Å². The number of hydrogen-bond donors (Lipinski definition) is 2. The SMILES string of the molecule is COC(=O)[C@H]1CC(NC(=O)OC(C)(C)C)C(NC(=O)OC(C)(C)C)C[C@H]1C(=O)OC. The van der Waals surface area contributed by atoms with Gasteiger partial charge >= 0.3 is 24.1 Å². The lowest BCUT2D eigenvalue weighted by Crippen LogP contribution is -2.59. The van der Waals surface area contributed by atoms with E-state index >= 15 is 0 Å². The summed E-state index contributed by atoms with van der Waals surface area (Å²) in [6.07, 6.45) is -1.31. The zero-order chi connectivity index (χ0) is 23.3. The molecule has 0 bridgehead atoms. The number of alkyl carbamates (subject to hydrolysis) is 2. The van der Waals surface area contributed by atoms with E-state index in [9.17, 15) is 19.2 Å². The number of methoxy groups -OCH3 is 2. The molecule has 0 saturated heterocycles. The van der Waals surface area contributed by atoms with Gasteiger partial charge in [-0.05, 0) is 54.4 Å². The van der Waals surface area contributed by atoms with Gasteiger partial charge in [-0.3, -0.25) is 9.59 Å².